The van der Waals surface area contributed by atoms with E-state index in [1.807, 2.05) is 30.0 Å². The zero-order valence-electron chi connectivity index (χ0n) is 16.9. The molecule has 0 spiro atoms. The highest BCUT2D eigenvalue weighted by atomic mass is 32.2. The number of thioether (sulfide) groups is 1. The number of esters is 1. The van der Waals surface area contributed by atoms with Crippen LogP contribution in [0.5, 0.6) is 5.75 Å². The van der Waals surface area contributed by atoms with Gasteiger partial charge in [0, 0.05) is 42.1 Å². The molecule has 1 saturated heterocycles. The summed E-state index contributed by atoms with van der Waals surface area (Å²) in [5.74, 6) is 3.14. The highest BCUT2D eigenvalue weighted by molar-refractivity contribution is 7.98. The summed E-state index contributed by atoms with van der Waals surface area (Å²) in [6, 6.07) is 16.7. The van der Waals surface area contributed by atoms with Gasteiger partial charge in [-0.2, -0.15) is 11.8 Å². The standard InChI is InChI=1S/C24H28N2O2S/c1-18(27)28-22-7-8-24-23(15-22)21(16-25-24)17-29-14-13-26-11-9-20(10-12-26)19-5-3-2-4-6-19/h2-8,15-16,20,25H,9-14,17H2,1H3. The number of aromatic amines is 1. The van der Waals surface area contributed by atoms with Crippen molar-refractivity contribution < 1.29 is 9.53 Å². The van der Waals surface area contributed by atoms with Crippen molar-refractivity contribution >= 4 is 28.6 Å². The van der Waals surface area contributed by atoms with Crippen LogP contribution in [0.1, 0.15) is 36.8 Å². The first kappa shape index (κ1) is 20.0. The van der Waals surface area contributed by atoms with Crippen molar-refractivity contribution in [1.29, 1.82) is 0 Å². The topological polar surface area (TPSA) is 45.3 Å². The van der Waals surface area contributed by atoms with E-state index < -0.39 is 0 Å². The Labute approximate surface area is 176 Å². The molecule has 1 aromatic heterocycles. The molecule has 0 radical (unpaired) electrons. The quantitative estimate of drug-likeness (QED) is 0.331. The maximum atomic E-state index is 11.2. The van der Waals surface area contributed by atoms with Crippen LogP contribution in [0.4, 0.5) is 0 Å². The van der Waals surface area contributed by atoms with Gasteiger partial charge in [0.05, 0.1) is 0 Å². The Balaban J connectivity index is 1.23. The third-order valence-electron chi connectivity index (χ3n) is 5.67. The van der Waals surface area contributed by atoms with Crippen molar-refractivity contribution in [2.45, 2.75) is 31.4 Å². The summed E-state index contributed by atoms with van der Waals surface area (Å²) in [6.07, 6.45) is 4.59. The molecule has 0 aliphatic carbocycles. The second-order valence-corrected chi connectivity index (χ2v) is 8.80. The van der Waals surface area contributed by atoms with Crippen LogP contribution < -0.4 is 4.74 Å². The molecule has 4 rings (SSSR count). The summed E-state index contributed by atoms with van der Waals surface area (Å²) in [5, 5.41) is 1.14. The Bertz CT molecular complexity index is 946. The normalized spacial score (nSPS) is 15.6. The van der Waals surface area contributed by atoms with Crippen LogP contribution >= 0.6 is 11.8 Å². The van der Waals surface area contributed by atoms with E-state index in [0.29, 0.717) is 5.75 Å². The molecule has 0 saturated carbocycles. The minimum Gasteiger partial charge on any atom is -0.427 e. The largest absolute Gasteiger partial charge is 0.427 e. The van der Waals surface area contributed by atoms with Crippen molar-refractivity contribution in [1.82, 2.24) is 9.88 Å². The SMILES string of the molecule is CC(=O)Oc1ccc2[nH]cc(CSCCN3CCC(c4ccccc4)CC3)c2c1. The van der Waals surface area contributed by atoms with Gasteiger partial charge in [-0.1, -0.05) is 30.3 Å². The smallest absolute Gasteiger partial charge is 0.308 e. The molecule has 3 aromatic rings. The Morgan fingerprint density at radius 2 is 1.97 bits per heavy atom. The van der Waals surface area contributed by atoms with Crippen LogP contribution in [0, 0.1) is 0 Å². The van der Waals surface area contributed by atoms with Crippen LogP contribution in [0.25, 0.3) is 10.9 Å². The number of benzene rings is 2. The number of rotatable bonds is 7. The van der Waals surface area contributed by atoms with Crippen LogP contribution in [0.15, 0.2) is 54.7 Å². The van der Waals surface area contributed by atoms with Gasteiger partial charge in [0.15, 0.2) is 0 Å². The molecule has 29 heavy (non-hydrogen) atoms. The van der Waals surface area contributed by atoms with E-state index in [2.05, 4.69) is 46.4 Å². The highest BCUT2D eigenvalue weighted by Crippen LogP contribution is 2.29. The van der Waals surface area contributed by atoms with E-state index in [4.69, 9.17) is 4.74 Å². The molecular formula is C24H28N2O2S. The minimum absolute atomic E-state index is 0.285. The number of aromatic nitrogens is 1. The van der Waals surface area contributed by atoms with E-state index in [-0.39, 0.29) is 5.97 Å². The summed E-state index contributed by atoms with van der Waals surface area (Å²) in [6.45, 7) is 4.96. The van der Waals surface area contributed by atoms with Gasteiger partial charge in [0.25, 0.3) is 0 Å². The summed E-state index contributed by atoms with van der Waals surface area (Å²) >= 11 is 1.97. The molecule has 0 amide bonds. The number of ether oxygens (including phenoxy) is 1. The Hall–Kier alpha value is -2.24. The molecule has 4 nitrogen and oxygen atoms in total. The van der Waals surface area contributed by atoms with Gasteiger partial charge < -0.3 is 14.6 Å². The molecule has 1 aliphatic heterocycles. The van der Waals surface area contributed by atoms with Crippen molar-refractivity contribution in [2.24, 2.45) is 0 Å². The Morgan fingerprint density at radius 3 is 2.72 bits per heavy atom. The van der Waals surface area contributed by atoms with Gasteiger partial charge >= 0.3 is 5.97 Å². The number of fused-ring (bicyclic) bond motifs is 1. The lowest BCUT2D eigenvalue weighted by molar-refractivity contribution is -0.131. The zero-order chi connectivity index (χ0) is 20.1. The van der Waals surface area contributed by atoms with Gasteiger partial charge in [0.2, 0.25) is 0 Å². The molecule has 152 valence electrons. The summed E-state index contributed by atoms with van der Waals surface area (Å²) in [7, 11) is 0. The molecule has 0 bridgehead atoms. The third-order valence-corrected chi connectivity index (χ3v) is 6.65. The number of nitrogens with one attached hydrogen (secondary N) is 1. The maximum absolute atomic E-state index is 11.2. The van der Waals surface area contributed by atoms with Crippen LogP contribution in [-0.2, 0) is 10.5 Å². The van der Waals surface area contributed by atoms with Gasteiger partial charge in [-0.15, -0.1) is 0 Å². The number of hydrogen-bond acceptors (Lipinski definition) is 4. The van der Waals surface area contributed by atoms with Gasteiger partial charge in [-0.25, -0.2) is 0 Å². The van der Waals surface area contributed by atoms with Crippen LogP contribution in [0.3, 0.4) is 0 Å². The summed E-state index contributed by atoms with van der Waals surface area (Å²) in [5.41, 5.74) is 3.84. The van der Waals surface area contributed by atoms with Crippen molar-refractivity contribution in [3.8, 4) is 5.75 Å². The summed E-state index contributed by atoms with van der Waals surface area (Å²) < 4.78 is 5.23. The van der Waals surface area contributed by atoms with E-state index >= 15 is 0 Å². The lowest BCUT2D eigenvalue weighted by atomic mass is 9.89. The van der Waals surface area contributed by atoms with E-state index in [1.165, 1.54) is 44.0 Å². The Kier molecular flexibility index (Phi) is 6.57. The fourth-order valence-corrected chi connectivity index (χ4v) is 5.09. The first-order valence-corrected chi connectivity index (χ1v) is 11.5. The fourth-order valence-electron chi connectivity index (χ4n) is 4.10. The van der Waals surface area contributed by atoms with Crippen LogP contribution in [-0.4, -0.2) is 41.2 Å². The molecule has 0 atom stereocenters. The average molecular weight is 409 g/mol. The lowest BCUT2D eigenvalue weighted by Crippen LogP contribution is -2.34. The molecule has 0 unspecified atom stereocenters. The molecule has 1 aliphatic rings. The van der Waals surface area contributed by atoms with E-state index in [9.17, 15) is 4.79 Å². The molecule has 5 heteroatoms. The van der Waals surface area contributed by atoms with Crippen molar-refractivity contribution in [3.63, 3.8) is 0 Å². The summed E-state index contributed by atoms with van der Waals surface area (Å²) in [4.78, 5) is 17.1. The third kappa shape index (κ3) is 5.22. The van der Waals surface area contributed by atoms with E-state index in [0.717, 1.165) is 34.9 Å². The second-order valence-electron chi connectivity index (χ2n) is 7.69. The zero-order valence-corrected chi connectivity index (χ0v) is 17.7. The van der Waals surface area contributed by atoms with Crippen molar-refractivity contribution in [3.05, 3.63) is 65.9 Å². The number of carbonyl (C=O) groups is 1. The molecule has 2 heterocycles. The van der Waals surface area contributed by atoms with E-state index in [1.54, 1.807) is 0 Å². The van der Waals surface area contributed by atoms with Gasteiger partial charge in [-0.3, -0.25) is 4.79 Å². The first-order valence-electron chi connectivity index (χ1n) is 10.3. The number of H-pyrrole nitrogens is 1. The number of hydrogen-bond donors (Lipinski definition) is 1. The van der Waals surface area contributed by atoms with Gasteiger partial charge in [-0.05, 0) is 61.2 Å². The van der Waals surface area contributed by atoms with Gasteiger partial charge in [0.1, 0.15) is 5.75 Å². The maximum Gasteiger partial charge on any atom is 0.308 e. The second kappa shape index (κ2) is 9.51. The Morgan fingerprint density at radius 1 is 1.17 bits per heavy atom. The van der Waals surface area contributed by atoms with Crippen molar-refractivity contribution in [2.75, 3.05) is 25.4 Å². The average Bonchev–Trinajstić information content (AvgIpc) is 3.14. The highest BCUT2D eigenvalue weighted by Gasteiger charge is 2.20. The molecular weight excluding hydrogens is 380 g/mol. The number of carbonyl (C=O) groups excluding carboxylic acids is 1. The molecule has 1 fully saturated rings. The predicted octanol–water partition coefficient (Wildman–Crippen LogP) is 5.21. The molecule has 1 N–H and O–H groups in total. The molecule has 2 aromatic carbocycles. The minimum atomic E-state index is -0.285. The van der Waals surface area contributed by atoms with Crippen LogP contribution in [0.2, 0.25) is 0 Å². The first-order chi connectivity index (χ1) is 14.2. The lowest BCUT2D eigenvalue weighted by Gasteiger charge is -2.32. The predicted molar refractivity (Wildman–Crippen MR) is 121 cm³/mol. The fraction of sp³-hybridized carbons (Fsp3) is 0.375. The number of likely N-dealkylation sites (tertiary alicyclic amines) is 1. The number of nitrogens with zero attached hydrogens (tertiary/aromatic N) is 1. The number of piperidine rings is 1. The monoisotopic (exact) mass is 408 g/mol.